The van der Waals surface area contributed by atoms with Gasteiger partial charge in [-0.3, -0.25) is 4.79 Å². The average Bonchev–Trinajstić information content (AvgIpc) is 3.58. The topological polar surface area (TPSA) is 85.6 Å². The van der Waals surface area contributed by atoms with Gasteiger partial charge in [0.1, 0.15) is 16.3 Å². The second-order valence-corrected chi connectivity index (χ2v) is 10.6. The van der Waals surface area contributed by atoms with Gasteiger partial charge in [-0.2, -0.15) is 5.10 Å². The quantitative estimate of drug-likeness (QED) is 0.234. The Morgan fingerprint density at radius 3 is 2.52 bits per heavy atom. The maximum absolute atomic E-state index is 14.0. The van der Waals surface area contributed by atoms with Crippen LogP contribution < -0.4 is 5.32 Å². The van der Waals surface area contributed by atoms with E-state index in [0.717, 1.165) is 27.8 Å². The van der Waals surface area contributed by atoms with E-state index >= 15 is 0 Å². The number of methoxy groups -OCH3 is 1. The Balaban J connectivity index is 1.37. The number of benzene rings is 2. The Morgan fingerprint density at radius 2 is 1.82 bits per heavy atom. The van der Waals surface area contributed by atoms with E-state index < -0.39 is 18.3 Å². The molecule has 1 aliphatic rings. The number of fused-ring (bicyclic) bond motifs is 2. The second-order valence-electron chi connectivity index (χ2n) is 9.53. The number of thiophene rings is 1. The van der Waals surface area contributed by atoms with Crippen molar-refractivity contribution in [3.63, 3.8) is 0 Å². The normalized spacial score (nSPS) is 14.8. The van der Waals surface area contributed by atoms with Gasteiger partial charge in [0.2, 0.25) is 0 Å². The molecule has 5 aromatic rings. The van der Waals surface area contributed by atoms with E-state index in [9.17, 15) is 18.4 Å². The lowest BCUT2D eigenvalue weighted by atomic mass is 9.83. The van der Waals surface area contributed by atoms with Crippen LogP contribution in [0.15, 0.2) is 72.9 Å². The molecule has 2 aromatic carbocycles. The summed E-state index contributed by atoms with van der Waals surface area (Å²) < 4.78 is 34.0. The molecule has 3 aromatic heterocycles. The van der Waals surface area contributed by atoms with Crippen LogP contribution in [0.3, 0.4) is 0 Å². The highest BCUT2D eigenvalue weighted by Gasteiger charge is 2.31. The summed E-state index contributed by atoms with van der Waals surface area (Å²) in [5, 5.41) is 7.25. The molecule has 7 nitrogen and oxygen atoms in total. The molecule has 0 bridgehead atoms. The van der Waals surface area contributed by atoms with Crippen molar-refractivity contribution in [3.05, 3.63) is 106 Å². The number of anilines is 1. The van der Waals surface area contributed by atoms with Crippen molar-refractivity contribution >= 4 is 33.9 Å². The van der Waals surface area contributed by atoms with E-state index in [-0.39, 0.29) is 16.9 Å². The molecule has 1 atom stereocenters. The fourth-order valence-corrected chi connectivity index (χ4v) is 6.54. The number of rotatable bonds is 6. The van der Waals surface area contributed by atoms with E-state index in [0.29, 0.717) is 34.2 Å². The predicted octanol–water partition coefficient (Wildman–Crippen LogP) is 6.71. The van der Waals surface area contributed by atoms with Crippen LogP contribution in [0.2, 0.25) is 0 Å². The highest BCUT2D eigenvalue weighted by atomic mass is 32.1. The van der Waals surface area contributed by atoms with Crippen LogP contribution in [0, 0.1) is 0 Å². The van der Waals surface area contributed by atoms with Gasteiger partial charge in [-0.05, 0) is 42.4 Å². The highest BCUT2D eigenvalue weighted by Crippen LogP contribution is 2.43. The van der Waals surface area contributed by atoms with Gasteiger partial charge in [-0.25, -0.2) is 23.1 Å². The summed E-state index contributed by atoms with van der Waals surface area (Å²) in [5.74, 6) is -0.832. The summed E-state index contributed by atoms with van der Waals surface area (Å²) in [6.45, 7) is 0. The molecule has 1 N–H and O–H groups in total. The molecule has 3 heterocycles. The molecule has 40 heavy (non-hydrogen) atoms. The zero-order valence-electron chi connectivity index (χ0n) is 21.4. The first-order valence-electron chi connectivity index (χ1n) is 12.8. The van der Waals surface area contributed by atoms with Crippen LogP contribution in [0.4, 0.5) is 13.8 Å². The number of alkyl halides is 2. The Hall–Kier alpha value is -4.44. The molecule has 10 heteroatoms. The number of esters is 1. The first kappa shape index (κ1) is 25.8. The Kier molecular flexibility index (Phi) is 6.85. The zero-order valence-corrected chi connectivity index (χ0v) is 22.3. The molecular formula is C30H24F2N4O3S. The fourth-order valence-electron chi connectivity index (χ4n) is 5.23. The lowest BCUT2D eigenvalue weighted by molar-refractivity contribution is 0.0601. The molecule has 1 aliphatic carbocycles. The Bertz CT molecular complexity index is 1720. The smallest absolute Gasteiger partial charge is 0.341 e. The summed E-state index contributed by atoms with van der Waals surface area (Å²) in [4.78, 5) is 31.9. The van der Waals surface area contributed by atoms with Crippen LogP contribution >= 0.6 is 11.3 Å². The minimum absolute atomic E-state index is 0.000711. The van der Waals surface area contributed by atoms with Gasteiger partial charge in [0.05, 0.1) is 24.6 Å². The van der Waals surface area contributed by atoms with Crippen LogP contribution in [0.1, 0.15) is 61.2 Å². The molecule has 0 saturated heterocycles. The van der Waals surface area contributed by atoms with Gasteiger partial charge in [0, 0.05) is 10.4 Å². The number of hydrogen-bond donors (Lipinski definition) is 1. The molecule has 1 amide bonds. The number of carbonyl (C=O) groups is 2. The van der Waals surface area contributed by atoms with Gasteiger partial charge in [-0.15, -0.1) is 11.3 Å². The lowest BCUT2D eigenvalue weighted by Gasteiger charge is -2.22. The van der Waals surface area contributed by atoms with Crippen molar-refractivity contribution < 1.29 is 23.1 Å². The van der Waals surface area contributed by atoms with Crippen LogP contribution in [0.5, 0.6) is 0 Å². The Morgan fingerprint density at radius 1 is 1.10 bits per heavy atom. The maximum Gasteiger partial charge on any atom is 0.341 e. The largest absolute Gasteiger partial charge is 0.465 e. The summed E-state index contributed by atoms with van der Waals surface area (Å²) in [7, 11) is 1.31. The van der Waals surface area contributed by atoms with Crippen molar-refractivity contribution in [1.82, 2.24) is 14.6 Å². The number of aromatic nitrogens is 3. The van der Waals surface area contributed by atoms with Crippen molar-refractivity contribution in [1.29, 1.82) is 0 Å². The Labute approximate surface area is 232 Å². The minimum atomic E-state index is -2.84. The number of amides is 1. The van der Waals surface area contributed by atoms with Gasteiger partial charge in [-0.1, -0.05) is 60.7 Å². The predicted molar refractivity (Wildman–Crippen MR) is 148 cm³/mol. The van der Waals surface area contributed by atoms with E-state index in [1.165, 1.54) is 36.3 Å². The van der Waals surface area contributed by atoms with Crippen molar-refractivity contribution in [2.75, 3.05) is 12.4 Å². The van der Waals surface area contributed by atoms with Gasteiger partial charge in [0.25, 0.3) is 12.3 Å². The van der Waals surface area contributed by atoms with Crippen LogP contribution in [-0.2, 0) is 17.6 Å². The molecule has 0 radical (unpaired) electrons. The first-order chi connectivity index (χ1) is 19.4. The van der Waals surface area contributed by atoms with Gasteiger partial charge < -0.3 is 10.1 Å². The third-order valence-corrected chi connectivity index (χ3v) is 8.36. The van der Waals surface area contributed by atoms with Crippen LogP contribution in [-0.4, -0.2) is 33.6 Å². The molecule has 202 valence electrons. The molecule has 0 fully saturated rings. The SMILES string of the molecule is COC(=O)c1c(NC(=O)c2cnn3c(C(F)F)cc(-c4ccccc4)nc23)sc2c1CCC(c1ccccc1)C2. The third kappa shape index (κ3) is 4.64. The molecule has 0 saturated carbocycles. The molecular weight excluding hydrogens is 534 g/mol. The van der Waals surface area contributed by atoms with Crippen molar-refractivity contribution in [2.24, 2.45) is 0 Å². The minimum Gasteiger partial charge on any atom is -0.465 e. The molecule has 0 aliphatic heterocycles. The third-order valence-electron chi connectivity index (χ3n) is 7.19. The molecule has 1 unspecified atom stereocenters. The number of hydrogen-bond acceptors (Lipinski definition) is 6. The van der Waals surface area contributed by atoms with E-state index in [4.69, 9.17) is 4.74 Å². The van der Waals surface area contributed by atoms with Crippen molar-refractivity contribution in [2.45, 2.75) is 31.6 Å². The van der Waals surface area contributed by atoms with Gasteiger partial charge >= 0.3 is 5.97 Å². The summed E-state index contributed by atoms with van der Waals surface area (Å²) in [6, 6.07) is 20.4. The number of nitrogens with one attached hydrogen (secondary N) is 1. The number of halogens is 2. The maximum atomic E-state index is 14.0. The highest BCUT2D eigenvalue weighted by molar-refractivity contribution is 7.17. The van der Waals surface area contributed by atoms with E-state index in [1.807, 2.05) is 24.3 Å². The van der Waals surface area contributed by atoms with E-state index in [1.54, 1.807) is 24.3 Å². The zero-order chi connectivity index (χ0) is 27.8. The summed E-state index contributed by atoms with van der Waals surface area (Å²) in [5.41, 5.74) is 3.01. The number of carbonyl (C=O) groups excluding carboxylic acids is 2. The summed E-state index contributed by atoms with van der Waals surface area (Å²) >= 11 is 1.34. The molecule has 6 rings (SSSR count). The number of nitrogens with zero attached hydrogens (tertiary/aromatic N) is 3. The van der Waals surface area contributed by atoms with Crippen molar-refractivity contribution in [3.8, 4) is 11.3 Å². The standard InChI is InChI=1S/C30H24F2N4O3S/c1-39-30(38)25-20-13-12-19(17-8-4-2-5-9-17)14-24(20)40-29(25)35-28(37)21-16-33-36-23(26(31)32)15-22(34-27(21)36)18-10-6-3-7-11-18/h2-11,15-16,19,26H,12-14H2,1H3,(H,35,37). The summed E-state index contributed by atoms with van der Waals surface area (Å²) in [6.07, 6.45) is 0.649. The van der Waals surface area contributed by atoms with Crippen LogP contribution in [0.25, 0.3) is 16.9 Å². The first-order valence-corrected chi connectivity index (χ1v) is 13.6. The average molecular weight is 559 g/mol. The number of ether oxygens (including phenoxy) is 1. The van der Waals surface area contributed by atoms with E-state index in [2.05, 4.69) is 27.5 Å². The fraction of sp³-hybridized carbons (Fsp3) is 0.200. The lowest BCUT2D eigenvalue weighted by Crippen LogP contribution is -2.16. The van der Waals surface area contributed by atoms with Gasteiger partial charge in [0.15, 0.2) is 5.65 Å². The monoisotopic (exact) mass is 558 g/mol. The second kappa shape index (κ2) is 10.6. The molecule has 0 spiro atoms.